The summed E-state index contributed by atoms with van der Waals surface area (Å²) in [5.41, 5.74) is 4.39. The minimum atomic E-state index is -0.155. The molecule has 0 radical (unpaired) electrons. The van der Waals surface area contributed by atoms with Crippen molar-refractivity contribution in [3.63, 3.8) is 0 Å². The van der Waals surface area contributed by atoms with Crippen molar-refractivity contribution in [2.24, 2.45) is 0 Å². The van der Waals surface area contributed by atoms with E-state index in [1.807, 2.05) is 54.6 Å². The van der Waals surface area contributed by atoms with E-state index in [1.165, 1.54) is 0 Å². The van der Waals surface area contributed by atoms with Crippen molar-refractivity contribution in [3.05, 3.63) is 54.6 Å². The maximum Gasteiger partial charge on any atom is 0.265 e. The Kier molecular flexibility index (Phi) is 4.65. The van der Waals surface area contributed by atoms with Crippen LogP contribution in [0.4, 0.5) is 11.4 Å². The van der Waals surface area contributed by atoms with Crippen molar-refractivity contribution >= 4 is 23.2 Å². The molecule has 0 fully saturated rings. The zero-order valence-corrected chi connectivity index (χ0v) is 13.4. The number of hydrogen-bond acceptors (Lipinski definition) is 4. The van der Waals surface area contributed by atoms with E-state index in [4.69, 9.17) is 4.74 Å². The van der Waals surface area contributed by atoms with Crippen molar-refractivity contribution in [2.75, 3.05) is 30.1 Å². The highest BCUT2D eigenvalue weighted by Gasteiger charge is 2.25. The summed E-state index contributed by atoms with van der Waals surface area (Å²) in [5, 5.41) is 1.66. The summed E-state index contributed by atoms with van der Waals surface area (Å²) in [6.45, 7) is 0.316. The first kappa shape index (κ1) is 15.9. The summed E-state index contributed by atoms with van der Waals surface area (Å²) in [6.07, 6.45) is 0.206. The van der Waals surface area contributed by atoms with E-state index in [0.717, 1.165) is 5.69 Å². The summed E-state index contributed by atoms with van der Waals surface area (Å²) < 4.78 is 5.40. The number of anilines is 2. The van der Waals surface area contributed by atoms with Crippen LogP contribution in [0.25, 0.3) is 0 Å². The van der Waals surface area contributed by atoms with Crippen LogP contribution in [0.5, 0.6) is 5.75 Å². The monoisotopic (exact) mass is 325 g/mol. The predicted molar refractivity (Wildman–Crippen MR) is 91.9 cm³/mol. The molecule has 0 unspecified atom stereocenters. The number of amides is 2. The molecule has 2 amide bonds. The molecule has 0 aliphatic carbocycles. The van der Waals surface area contributed by atoms with Gasteiger partial charge in [-0.1, -0.05) is 30.3 Å². The van der Waals surface area contributed by atoms with Gasteiger partial charge in [0.15, 0.2) is 6.61 Å². The largest absolute Gasteiger partial charge is 0.482 e. The lowest BCUT2D eigenvalue weighted by Gasteiger charge is -2.29. The third kappa shape index (κ3) is 3.48. The lowest BCUT2D eigenvalue weighted by atomic mass is 10.2. The van der Waals surface area contributed by atoms with E-state index in [1.54, 1.807) is 17.0 Å². The highest BCUT2D eigenvalue weighted by atomic mass is 16.5. The number of carbonyl (C=O) groups excluding carboxylic acids is 2. The topological polar surface area (TPSA) is 61.9 Å². The first-order valence-electron chi connectivity index (χ1n) is 7.75. The maximum atomic E-state index is 12.2. The molecule has 2 aromatic carbocycles. The van der Waals surface area contributed by atoms with Crippen LogP contribution in [0, 0.1) is 0 Å². The van der Waals surface area contributed by atoms with Crippen LogP contribution >= 0.6 is 0 Å². The second-order valence-electron chi connectivity index (χ2n) is 5.48. The normalized spacial score (nSPS) is 13.0. The number of rotatable bonds is 5. The summed E-state index contributed by atoms with van der Waals surface area (Å²) >= 11 is 0. The van der Waals surface area contributed by atoms with Gasteiger partial charge in [0.2, 0.25) is 5.91 Å². The third-order valence-electron chi connectivity index (χ3n) is 3.81. The van der Waals surface area contributed by atoms with E-state index < -0.39 is 0 Å². The van der Waals surface area contributed by atoms with Gasteiger partial charge in [0.1, 0.15) is 5.75 Å². The van der Waals surface area contributed by atoms with Crippen molar-refractivity contribution < 1.29 is 14.3 Å². The molecule has 1 aliphatic heterocycles. The Hall–Kier alpha value is -3.02. The molecule has 0 saturated heterocycles. The summed E-state index contributed by atoms with van der Waals surface area (Å²) in [4.78, 5) is 25.8. The van der Waals surface area contributed by atoms with Crippen LogP contribution in [-0.2, 0) is 9.59 Å². The average molecular weight is 325 g/mol. The van der Waals surface area contributed by atoms with Gasteiger partial charge in [-0.2, -0.15) is 0 Å². The lowest BCUT2D eigenvalue weighted by molar-refractivity contribution is -0.122. The van der Waals surface area contributed by atoms with Crippen molar-refractivity contribution in [1.82, 2.24) is 5.43 Å². The number of nitrogens with zero attached hydrogens (tertiary/aromatic N) is 2. The first-order chi connectivity index (χ1) is 11.6. The molecule has 0 spiro atoms. The zero-order chi connectivity index (χ0) is 16.9. The molecule has 2 aromatic rings. The van der Waals surface area contributed by atoms with Crippen LogP contribution in [0.2, 0.25) is 0 Å². The molecule has 1 N–H and O–H groups in total. The van der Waals surface area contributed by atoms with Gasteiger partial charge in [-0.25, -0.2) is 0 Å². The van der Waals surface area contributed by atoms with Gasteiger partial charge in [0.25, 0.3) is 5.91 Å². The molecular weight excluding hydrogens is 306 g/mol. The summed E-state index contributed by atoms with van der Waals surface area (Å²) in [6, 6.07) is 16.9. The molecule has 0 atom stereocenters. The van der Waals surface area contributed by atoms with Crippen LogP contribution in [-0.4, -0.2) is 32.0 Å². The smallest absolute Gasteiger partial charge is 0.265 e. The SMILES string of the molecule is CN(NC(=O)CCN1C(=O)COc2ccccc21)c1ccccc1. The minimum absolute atomic E-state index is 0.00253. The first-order valence-corrected chi connectivity index (χ1v) is 7.75. The molecule has 1 aliphatic rings. The van der Waals surface area contributed by atoms with Gasteiger partial charge in [0.05, 0.1) is 11.4 Å². The van der Waals surface area contributed by atoms with Crippen LogP contribution in [0.1, 0.15) is 6.42 Å². The number of nitrogens with one attached hydrogen (secondary N) is 1. The van der Waals surface area contributed by atoms with Crippen molar-refractivity contribution in [1.29, 1.82) is 0 Å². The minimum Gasteiger partial charge on any atom is -0.482 e. The molecule has 6 heteroatoms. The zero-order valence-electron chi connectivity index (χ0n) is 13.4. The fourth-order valence-corrected chi connectivity index (χ4v) is 2.57. The van der Waals surface area contributed by atoms with Gasteiger partial charge in [-0.3, -0.25) is 20.0 Å². The Bertz CT molecular complexity index is 733. The second kappa shape index (κ2) is 7.04. The van der Waals surface area contributed by atoms with Crippen LogP contribution in [0.3, 0.4) is 0 Å². The molecule has 0 saturated carbocycles. The third-order valence-corrected chi connectivity index (χ3v) is 3.81. The number of benzene rings is 2. The Morgan fingerprint density at radius 2 is 1.88 bits per heavy atom. The molecule has 124 valence electrons. The summed E-state index contributed by atoms with van der Waals surface area (Å²) in [5.74, 6) is 0.370. The molecule has 0 aromatic heterocycles. The Morgan fingerprint density at radius 3 is 2.67 bits per heavy atom. The van der Waals surface area contributed by atoms with E-state index in [9.17, 15) is 9.59 Å². The molecular formula is C18H19N3O3. The predicted octanol–water partition coefficient (Wildman–Crippen LogP) is 1.97. The van der Waals surface area contributed by atoms with Gasteiger partial charge >= 0.3 is 0 Å². The molecule has 1 heterocycles. The number of ether oxygens (including phenoxy) is 1. The average Bonchev–Trinajstić information content (AvgIpc) is 2.61. The molecule has 24 heavy (non-hydrogen) atoms. The number of hydrogen-bond donors (Lipinski definition) is 1. The van der Waals surface area contributed by atoms with Gasteiger partial charge in [-0.15, -0.1) is 0 Å². The Morgan fingerprint density at radius 1 is 1.17 bits per heavy atom. The summed E-state index contributed by atoms with van der Waals surface area (Å²) in [7, 11) is 1.78. The number of hydrazine groups is 1. The quantitative estimate of drug-likeness (QED) is 0.854. The van der Waals surface area contributed by atoms with E-state index in [-0.39, 0.29) is 24.8 Å². The fraction of sp³-hybridized carbons (Fsp3) is 0.222. The van der Waals surface area contributed by atoms with Gasteiger partial charge < -0.3 is 9.64 Å². The van der Waals surface area contributed by atoms with Crippen molar-refractivity contribution in [3.8, 4) is 5.75 Å². The van der Waals surface area contributed by atoms with E-state index >= 15 is 0 Å². The van der Waals surface area contributed by atoms with Crippen molar-refractivity contribution in [2.45, 2.75) is 6.42 Å². The lowest BCUT2D eigenvalue weighted by Crippen LogP contribution is -2.43. The van der Waals surface area contributed by atoms with E-state index in [0.29, 0.717) is 18.0 Å². The Labute approximate surface area is 140 Å². The molecule has 3 rings (SSSR count). The standard InChI is InChI=1S/C18H19N3O3/c1-20(14-7-3-2-4-8-14)19-17(22)11-12-21-15-9-5-6-10-16(15)24-13-18(21)23/h2-10H,11-13H2,1H3,(H,19,22). The second-order valence-corrected chi connectivity index (χ2v) is 5.48. The fourth-order valence-electron chi connectivity index (χ4n) is 2.57. The van der Waals surface area contributed by atoms with Gasteiger partial charge in [-0.05, 0) is 24.3 Å². The number of para-hydroxylation sites is 3. The van der Waals surface area contributed by atoms with Crippen LogP contribution < -0.4 is 20.1 Å². The van der Waals surface area contributed by atoms with Gasteiger partial charge in [0, 0.05) is 20.0 Å². The molecule has 0 bridgehead atoms. The van der Waals surface area contributed by atoms with E-state index in [2.05, 4.69) is 5.43 Å². The Balaban J connectivity index is 1.59. The maximum absolute atomic E-state index is 12.2. The van der Waals surface area contributed by atoms with Crippen LogP contribution in [0.15, 0.2) is 54.6 Å². The molecule has 6 nitrogen and oxygen atoms in total. The highest BCUT2D eigenvalue weighted by molar-refractivity contribution is 5.98. The number of fused-ring (bicyclic) bond motifs is 1. The number of carbonyl (C=O) groups is 2. The highest BCUT2D eigenvalue weighted by Crippen LogP contribution is 2.31.